The second-order valence-corrected chi connectivity index (χ2v) is 2.92. The Balaban J connectivity index is 2.95. The maximum atomic E-state index is 13.2. The highest BCUT2D eigenvalue weighted by molar-refractivity contribution is 5.31. The van der Waals surface area contributed by atoms with Crippen LogP contribution in [-0.2, 0) is 0 Å². The molecule has 2 N–H and O–H groups in total. The average Bonchev–Trinajstić information content (AvgIpc) is 2.20. The monoisotopic (exact) mass is 199 g/mol. The standard InChI is InChI=1S/C10H14FNO2/c1-12-9(6-13)7-3-4-10(14-2)8(11)5-7/h3-5,9,12-13H,6H2,1-2H3. The molecule has 0 amide bonds. The van der Waals surface area contributed by atoms with Crippen LogP contribution in [0.1, 0.15) is 11.6 Å². The van der Waals surface area contributed by atoms with E-state index in [0.717, 1.165) is 0 Å². The Morgan fingerprint density at radius 1 is 1.57 bits per heavy atom. The lowest BCUT2D eigenvalue weighted by molar-refractivity contribution is 0.250. The molecule has 1 atom stereocenters. The van der Waals surface area contributed by atoms with Gasteiger partial charge in [-0.2, -0.15) is 0 Å². The lowest BCUT2D eigenvalue weighted by Crippen LogP contribution is -2.19. The summed E-state index contributed by atoms with van der Waals surface area (Å²) in [4.78, 5) is 0. The molecule has 0 spiro atoms. The summed E-state index contributed by atoms with van der Waals surface area (Å²) in [5.74, 6) is -0.208. The first kappa shape index (κ1) is 10.9. The van der Waals surface area contributed by atoms with Crippen LogP contribution in [0.5, 0.6) is 5.75 Å². The van der Waals surface area contributed by atoms with Gasteiger partial charge in [0.2, 0.25) is 0 Å². The van der Waals surface area contributed by atoms with E-state index in [1.165, 1.54) is 13.2 Å². The molecule has 0 saturated heterocycles. The maximum absolute atomic E-state index is 13.2. The molecule has 0 aromatic heterocycles. The number of hydrogen-bond donors (Lipinski definition) is 2. The largest absolute Gasteiger partial charge is 0.494 e. The third-order valence-corrected chi connectivity index (χ3v) is 2.11. The second-order valence-electron chi connectivity index (χ2n) is 2.92. The van der Waals surface area contributed by atoms with Crippen LogP contribution in [0.25, 0.3) is 0 Å². The van der Waals surface area contributed by atoms with Gasteiger partial charge in [0.05, 0.1) is 19.8 Å². The van der Waals surface area contributed by atoms with E-state index in [2.05, 4.69) is 5.32 Å². The van der Waals surface area contributed by atoms with E-state index in [1.807, 2.05) is 0 Å². The summed E-state index contributed by atoms with van der Waals surface area (Å²) in [6.07, 6.45) is 0. The van der Waals surface area contributed by atoms with Crippen LogP contribution >= 0.6 is 0 Å². The van der Waals surface area contributed by atoms with Crippen LogP contribution in [-0.4, -0.2) is 25.9 Å². The van der Waals surface area contributed by atoms with Crippen LogP contribution in [0.4, 0.5) is 4.39 Å². The zero-order valence-electron chi connectivity index (χ0n) is 8.25. The highest BCUT2D eigenvalue weighted by atomic mass is 19.1. The van der Waals surface area contributed by atoms with Gasteiger partial charge in [-0.25, -0.2) is 4.39 Å². The number of hydrogen-bond acceptors (Lipinski definition) is 3. The van der Waals surface area contributed by atoms with Gasteiger partial charge in [-0.3, -0.25) is 0 Å². The van der Waals surface area contributed by atoms with Crippen molar-refractivity contribution in [3.63, 3.8) is 0 Å². The van der Waals surface area contributed by atoms with Crippen molar-refractivity contribution in [1.82, 2.24) is 5.32 Å². The first-order valence-corrected chi connectivity index (χ1v) is 4.34. The summed E-state index contributed by atoms with van der Waals surface area (Å²) in [6.45, 7) is -0.0672. The maximum Gasteiger partial charge on any atom is 0.165 e. The van der Waals surface area contributed by atoms with Crippen LogP contribution in [0.3, 0.4) is 0 Å². The van der Waals surface area contributed by atoms with Crippen molar-refractivity contribution in [2.75, 3.05) is 20.8 Å². The van der Waals surface area contributed by atoms with Gasteiger partial charge in [-0.15, -0.1) is 0 Å². The number of likely N-dealkylation sites (N-methyl/N-ethyl adjacent to an activating group) is 1. The lowest BCUT2D eigenvalue weighted by Gasteiger charge is -2.14. The molecule has 1 unspecified atom stereocenters. The smallest absolute Gasteiger partial charge is 0.165 e. The molecule has 1 rings (SSSR count). The third-order valence-electron chi connectivity index (χ3n) is 2.11. The molecule has 0 aliphatic heterocycles. The van der Waals surface area contributed by atoms with Crippen molar-refractivity contribution in [2.45, 2.75) is 6.04 Å². The Bertz CT molecular complexity index is 300. The molecule has 1 aromatic carbocycles. The van der Waals surface area contributed by atoms with Gasteiger partial charge < -0.3 is 15.2 Å². The van der Waals surface area contributed by atoms with E-state index in [9.17, 15) is 4.39 Å². The summed E-state index contributed by atoms with van der Waals surface area (Å²) in [7, 11) is 3.13. The Morgan fingerprint density at radius 2 is 2.29 bits per heavy atom. The summed E-state index contributed by atoms with van der Waals surface area (Å²) < 4.78 is 18.0. The number of rotatable bonds is 4. The number of nitrogens with one attached hydrogen (secondary N) is 1. The zero-order valence-corrected chi connectivity index (χ0v) is 8.25. The fourth-order valence-electron chi connectivity index (χ4n) is 1.26. The van der Waals surface area contributed by atoms with E-state index < -0.39 is 5.82 Å². The molecule has 1 aromatic rings. The summed E-state index contributed by atoms with van der Waals surface area (Å²) in [5.41, 5.74) is 0.702. The van der Waals surface area contributed by atoms with Crippen LogP contribution in [0.15, 0.2) is 18.2 Å². The molecule has 0 bridgehead atoms. The molecular weight excluding hydrogens is 185 g/mol. The Labute approximate surface area is 82.5 Å². The number of aliphatic hydroxyl groups is 1. The number of aliphatic hydroxyl groups excluding tert-OH is 1. The normalized spacial score (nSPS) is 12.6. The van der Waals surface area contributed by atoms with Crippen molar-refractivity contribution in [1.29, 1.82) is 0 Å². The van der Waals surface area contributed by atoms with Crippen molar-refractivity contribution >= 4 is 0 Å². The first-order valence-electron chi connectivity index (χ1n) is 4.34. The molecule has 0 radical (unpaired) electrons. The summed E-state index contributed by atoms with van der Waals surface area (Å²) in [6, 6.07) is 4.38. The minimum atomic E-state index is -0.418. The number of methoxy groups -OCH3 is 1. The third kappa shape index (κ3) is 2.21. The van der Waals surface area contributed by atoms with Gasteiger partial charge >= 0.3 is 0 Å². The topological polar surface area (TPSA) is 41.5 Å². The molecule has 0 aliphatic carbocycles. The van der Waals surface area contributed by atoms with Crippen molar-refractivity contribution in [2.24, 2.45) is 0 Å². The van der Waals surface area contributed by atoms with E-state index in [-0.39, 0.29) is 18.4 Å². The fraction of sp³-hybridized carbons (Fsp3) is 0.400. The van der Waals surface area contributed by atoms with Gasteiger partial charge in [0.15, 0.2) is 11.6 Å². The number of halogens is 1. The molecule has 0 aliphatic rings. The molecule has 0 heterocycles. The van der Waals surface area contributed by atoms with E-state index in [4.69, 9.17) is 9.84 Å². The summed E-state index contributed by atoms with van der Waals surface area (Å²) in [5, 5.41) is 11.9. The predicted octanol–water partition coefficient (Wildman–Crippen LogP) is 1.09. The molecule has 14 heavy (non-hydrogen) atoms. The van der Waals surface area contributed by atoms with Crippen LogP contribution in [0.2, 0.25) is 0 Å². The highest BCUT2D eigenvalue weighted by Crippen LogP contribution is 2.21. The Morgan fingerprint density at radius 3 is 2.71 bits per heavy atom. The zero-order chi connectivity index (χ0) is 10.6. The van der Waals surface area contributed by atoms with Crippen molar-refractivity contribution < 1.29 is 14.2 Å². The SMILES string of the molecule is CNC(CO)c1ccc(OC)c(F)c1. The van der Waals surface area contributed by atoms with Crippen molar-refractivity contribution in [3.8, 4) is 5.75 Å². The Hall–Kier alpha value is -1.13. The van der Waals surface area contributed by atoms with Crippen molar-refractivity contribution in [3.05, 3.63) is 29.6 Å². The molecule has 78 valence electrons. The minimum absolute atomic E-state index is 0.0672. The molecular formula is C10H14FNO2. The fourth-order valence-corrected chi connectivity index (χ4v) is 1.26. The number of benzene rings is 1. The van der Waals surface area contributed by atoms with E-state index in [0.29, 0.717) is 5.56 Å². The second kappa shape index (κ2) is 4.93. The Kier molecular flexibility index (Phi) is 3.85. The van der Waals surface area contributed by atoms with Crippen LogP contribution < -0.4 is 10.1 Å². The lowest BCUT2D eigenvalue weighted by atomic mass is 10.1. The van der Waals surface area contributed by atoms with Gasteiger partial charge in [-0.05, 0) is 24.7 Å². The van der Waals surface area contributed by atoms with E-state index in [1.54, 1.807) is 19.2 Å². The summed E-state index contributed by atoms with van der Waals surface area (Å²) >= 11 is 0. The molecule has 4 heteroatoms. The predicted molar refractivity (Wildman–Crippen MR) is 51.8 cm³/mol. The first-order chi connectivity index (χ1) is 6.72. The molecule has 0 saturated carbocycles. The van der Waals surface area contributed by atoms with Crippen LogP contribution in [0, 0.1) is 5.82 Å². The molecule has 0 fully saturated rings. The van der Waals surface area contributed by atoms with E-state index >= 15 is 0 Å². The highest BCUT2D eigenvalue weighted by Gasteiger charge is 2.10. The van der Waals surface area contributed by atoms with Gasteiger partial charge in [-0.1, -0.05) is 6.07 Å². The van der Waals surface area contributed by atoms with Gasteiger partial charge in [0, 0.05) is 0 Å². The van der Waals surface area contributed by atoms with Gasteiger partial charge in [0.1, 0.15) is 0 Å². The minimum Gasteiger partial charge on any atom is -0.494 e. The van der Waals surface area contributed by atoms with Gasteiger partial charge in [0.25, 0.3) is 0 Å². The average molecular weight is 199 g/mol. The quantitative estimate of drug-likeness (QED) is 0.762. The molecule has 3 nitrogen and oxygen atoms in total. The number of ether oxygens (including phenoxy) is 1.